The lowest BCUT2D eigenvalue weighted by atomic mass is 10.0. The number of hydrogen-bond acceptors (Lipinski definition) is 4. The average molecular weight is 278 g/mol. The number of hydrogen-bond donors (Lipinski definition) is 2. The third-order valence-corrected chi connectivity index (χ3v) is 3.47. The van der Waals surface area contributed by atoms with E-state index in [1.165, 1.54) is 0 Å². The Balaban J connectivity index is 2.20. The molecule has 1 aromatic rings. The summed E-state index contributed by atoms with van der Waals surface area (Å²) in [4.78, 5) is 0. The fraction of sp³-hybridized carbons (Fsp3) is 0.533. The summed E-state index contributed by atoms with van der Waals surface area (Å²) < 4.78 is 11.8. The smallest absolute Gasteiger partial charge is 0.173 e. The van der Waals surface area contributed by atoms with E-state index in [2.05, 4.69) is 5.16 Å². The van der Waals surface area contributed by atoms with Crippen LogP contribution in [-0.2, 0) is 4.74 Å². The van der Waals surface area contributed by atoms with Crippen LogP contribution in [0, 0.1) is 6.92 Å². The highest BCUT2D eigenvalue weighted by atomic mass is 16.5. The van der Waals surface area contributed by atoms with Crippen LogP contribution in [0.4, 0.5) is 0 Å². The standard InChI is InChI=1S/C15H22N2O3/c1-9-4-5-14(13(6-9)15(16)17-18)20-12-7-10(2)19-11(3)8-12/h4-6,10-12,18H,7-8H2,1-3H3,(H2,16,17). The number of oxime groups is 1. The minimum absolute atomic E-state index is 0.0665. The summed E-state index contributed by atoms with van der Waals surface area (Å²) in [6, 6.07) is 5.68. The van der Waals surface area contributed by atoms with E-state index < -0.39 is 0 Å². The molecule has 2 atom stereocenters. The predicted octanol–water partition coefficient (Wildman–Crippen LogP) is 2.42. The monoisotopic (exact) mass is 278 g/mol. The van der Waals surface area contributed by atoms with Gasteiger partial charge in [-0.15, -0.1) is 0 Å². The van der Waals surface area contributed by atoms with E-state index in [9.17, 15) is 0 Å². The van der Waals surface area contributed by atoms with Gasteiger partial charge in [0.2, 0.25) is 0 Å². The normalized spacial score (nSPS) is 27.4. The lowest BCUT2D eigenvalue weighted by Gasteiger charge is -2.32. The lowest BCUT2D eigenvalue weighted by Crippen LogP contribution is -2.36. The molecule has 1 aromatic carbocycles. The third-order valence-electron chi connectivity index (χ3n) is 3.47. The molecule has 3 N–H and O–H groups in total. The molecule has 0 aromatic heterocycles. The van der Waals surface area contributed by atoms with E-state index in [0.717, 1.165) is 18.4 Å². The first-order valence-corrected chi connectivity index (χ1v) is 6.90. The Bertz CT molecular complexity index is 492. The van der Waals surface area contributed by atoms with E-state index in [-0.39, 0.29) is 24.1 Å². The Morgan fingerprint density at radius 1 is 1.35 bits per heavy atom. The van der Waals surface area contributed by atoms with Crippen LogP contribution in [0.5, 0.6) is 5.75 Å². The molecule has 20 heavy (non-hydrogen) atoms. The van der Waals surface area contributed by atoms with Crippen molar-refractivity contribution in [3.63, 3.8) is 0 Å². The zero-order chi connectivity index (χ0) is 14.7. The molecule has 5 heteroatoms. The van der Waals surface area contributed by atoms with E-state index in [0.29, 0.717) is 11.3 Å². The van der Waals surface area contributed by atoms with Gasteiger partial charge in [-0.25, -0.2) is 0 Å². The Kier molecular flexibility index (Phi) is 4.49. The fourth-order valence-electron chi connectivity index (χ4n) is 2.62. The maximum absolute atomic E-state index is 8.88. The third kappa shape index (κ3) is 3.42. The lowest BCUT2D eigenvalue weighted by molar-refractivity contribution is -0.0721. The molecular weight excluding hydrogens is 256 g/mol. The van der Waals surface area contributed by atoms with E-state index in [1.807, 2.05) is 39.0 Å². The molecule has 0 aliphatic carbocycles. The fourth-order valence-corrected chi connectivity index (χ4v) is 2.62. The quantitative estimate of drug-likeness (QED) is 0.385. The van der Waals surface area contributed by atoms with Crippen molar-refractivity contribution in [3.8, 4) is 5.75 Å². The molecule has 0 amide bonds. The Hall–Kier alpha value is -1.75. The zero-order valence-corrected chi connectivity index (χ0v) is 12.2. The van der Waals surface area contributed by atoms with Crippen molar-refractivity contribution in [2.75, 3.05) is 0 Å². The summed E-state index contributed by atoms with van der Waals surface area (Å²) in [5.41, 5.74) is 7.38. The Morgan fingerprint density at radius 2 is 2.00 bits per heavy atom. The number of nitrogens with zero attached hydrogens (tertiary/aromatic N) is 1. The first-order valence-electron chi connectivity index (χ1n) is 6.90. The second-order valence-electron chi connectivity index (χ2n) is 5.45. The van der Waals surface area contributed by atoms with Crippen LogP contribution in [0.15, 0.2) is 23.4 Å². The Morgan fingerprint density at radius 3 is 2.60 bits per heavy atom. The van der Waals surface area contributed by atoms with Crippen LogP contribution >= 0.6 is 0 Å². The number of amidine groups is 1. The van der Waals surface area contributed by atoms with Crippen LogP contribution in [0.25, 0.3) is 0 Å². The van der Waals surface area contributed by atoms with Gasteiger partial charge in [-0.3, -0.25) is 0 Å². The van der Waals surface area contributed by atoms with Gasteiger partial charge in [-0.1, -0.05) is 16.8 Å². The van der Waals surface area contributed by atoms with Crippen molar-refractivity contribution in [1.82, 2.24) is 0 Å². The first-order chi connectivity index (χ1) is 9.49. The van der Waals surface area contributed by atoms with Crippen molar-refractivity contribution >= 4 is 5.84 Å². The van der Waals surface area contributed by atoms with Gasteiger partial charge < -0.3 is 20.4 Å². The van der Waals surface area contributed by atoms with Crippen LogP contribution in [0.1, 0.15) is 37.8 Å². The van der Waals surface area contributed by atoms with Gasteiger partial charge in [0.1, 0.15) is 11.9 Å². The summed E-state index contributed by atoms with van der Waals surface area (Å²) in [5.74, 6) is 0.717. The van der Waals surface area contributed by atoms with Gasteiger partial charge in [-0.05, 0) is 32.9 Å². The molecule has 1 fully saturated rings. The molecule has 0 radical (unpaired) electrons. The van der Waals surface area contributed by atoms with E-state index in [4.69, 9.17) is 20.4 Å². The molecule has 1 saturated heterocycles. The molecule has 1 heterocycles. The van der Waals surface area contributed by atoms with Crippen LogP contribution < -0.4 is 10.5 Å². The average Bonchev–Trinajstić information content (AvgIpc) is 2.38. The molecule has 0 spiro atoms. The van der Waals surface area contributed by atoms with Gasteiger partial charge in [0.05, 0.1) is 17.8 Å². The van der Waals surface area contributed by atoms with Crippen LogP contribution in [-0.4, -0.2) is 29.4 Å². The van der Waals surface area contributed by atoms with Gasteiger partial charge in [0.15, 0.2) is 5.84 Å². The number of benzene rings is 1. The molecule has 1 aliphatic heterocycles. The summed E-state index contributed by atoms with van der Waals surface area (Å²) in [6.07, 6.45) is 2.13. The SMILES string of the molecule is Cc1ccc(OC2CC(C)OC(C)C2)c(/C(N)=N/O)c1. The Labute approximate surface area is 119 Å². The van der Waals surface area contributed by atoms with Crippen molar-refractivity contribution in [2.45, 2.75) is 51.9 Å². The second kappa shape index (κ2) is 6.13. The van der Waals surface area contributed by atoms with Crippen molar-refractivity contribution in [3.05, 3.63) is 29.3 Å². The highest BCUT2D eigenvalue weighted by Gasteiger charge is 2.26. The number of nitrogens with two attached hydrogens (primary N) is 1. The van der Waals surface area contributed by atoms with Gasteiger partial charge in [-0.2, -0.15) is 0 Å². The van der Waals surface area contributed by atoms with Gasteiger partial charge in [0.25, 0.3) is 0 Å². The molecule has 2 rings (SSSR count). The summed E-state index contributed by atoms with van der Waals surface area (Å²) in [7, 11) is 0. The van der Waals surface area contributed by atoms with E-state index in [1.54, 1.807) is 0 Å². The molecule has 5 nitrogen and oxygen atoms in total. The molecule has 0 bridgehead atoms. The first kappa shape index (κ1) is 14.7. The number of aryl methyl sites for hydroxylation is 1. The van der Waals surface area contributed by atoms with Crippen LogP contribution in [0.2, 0.25) is 0 Å². The highest BCUT2D eigenvalue weighted by Crippen LogP contribution is 2.27. The summed E-state index contributed by atoms with van der Waals surface area (Å²) in [5, 5.41) is 12.0. The maximum Gasteiger partial charge on any atom is 0.173 e. The van der Waals surface area contributed by atoms with Gasteiger partial charge in [0, 0.05) is 12.8 Å². The molecule has 1 aliphatic rings. The molecule has 2 unspecified atom stereocenters. The topological polar surface area (TPSA) is 77.1 Å². The maximum atomic E-state index is 8.88. The summed E-state index contributed by atoms with van der Waals surface area (Å²) in [6.45, 7) is 6.05. The van der Waals surface area contributed by atoms with Crippen molar-refractivity contribution in [1.29, 1.82) is 0 Å². The van der Waals surface area contributed by atoms with E-state index >= 15 is 0 Å². The minimum Gasteiger partial charge on any atom is -0.489 e. The summed E-state index contributed by atoms with van der Waals surface area (Å²) >= 11 is 0. The van der Waals surface area contributed by atoms with Crippen molar-refractivity contribution < 1.29 is 14.7 Å². The largest absolute Gasteiger partial charge is 0.489 e. The predicted molar refractivity (Wildman–Crippen MR) is 77.3 cm³/mol. The highest BCUT2D eigenvalue weighted by molar-refractivity contribution is 5.99. The minimum atomic E-state index is 0.0665. The second-order valence-corrected chi connectivity index (χ2v) is 5.45. The molecule has 0 saturated carbocycles. The number of ether oxygens (including phenoxy) is 2. The zero-order valence-electron chi connectivity index (χ0n) is 12.2. The molecular formula is C15H22N2O3. The number of rotatable bonds is 3. The van der Waals surface area contributed by atoms with Crippen LogP contribution in [0.3, 0.4) is 0 Å². The van der Waals surface area contributed by atoms with Gasteiger partial charge >= 0.3 is 0 Å². The molecule has 110 valence electrons. The van der Waals surface area contributed by atoms with Crippen molar-refractivity contribution in [2.24, 2.45) is 10.9 Å².